The molecule has 0 aromatic heterocycles. The summed E-state index contributed by atoms with van der Waals surface area (Å²) in [6.07, 6.45) is 0.293. The van der Waals surface area contributed by atoms with Crippen LogP contribution in [0.15, 0.2) is 10.5 Å². The van der Waals surface area contributed by atoms with Crippen molar-refractivity contribution in [1.29, 1.82) is 0 Å². The van der Waals surface area contributed by atoms with E-state index in [-0.39, 0.29) is 20.7 Å². The Balaban J connectivity index is 3.36. The maximum absolute atomic E-state index is 13.8. The lowest BCUT2D eigenvalue weighted by atomic mass is 10.1. The quantitative estimate of drug-likeness (QED) is 0.661. The lowest BCUT2D eigenvalue weighted by Crippen LogP contribution is -2.24. The summed E-state index contributed by atoms with van der Waals surface area (Å²) >= 11 is 8.68. The normalized spacial score (nSPS) is 9.88. The highest BCUT2D eigenvalue weighted by atomic mass is 79.9. The molecule has 0 spiro atoms. The summed E-state index contributed by atoms with van der Waals surface area (Å²) in [5.74, 6) is -1.30. The summed E-state index contributed by atoms with van der Waals surface area (Å²) in [5.41, 5.74) is -0.230. The van der Waals surface area contributed by atoms with Crippen molar-refractivity contribution in [2.75, 3.05) is 11.9 Å². The zero-order valence-electron chi connectivity index (χ0n) is 8.81. The van der Waals surface area contributed by atoms with Gasteiger partial charge in [-0.3, -0.25) is 9.59 Å². The van der Waals surface area contributed by atoms with Crippen molar-refractivity contribution in [3.63, 3.8) is 0 Å². The third kappa shape index (κ3) is 2.95. The molecule has 0 atom stereocenters. The first-order valence-corrected chi connectivity index (χ1v) is 5.85. The molecule has 0 saturated heterocycles. The number of hydrogen-bond donors (Lipinski definition) is 2. The van der Waals surface area contributed by atoms with E-state index in [1.165, 1.54) is 6.07 Å². The summed E-state index contributed by atoms with van der Waals surface area (Å²) in [4.78, 5) is 22.0. The van der Waals surface area contributed by atoms with Gasteiger partial charge in [0.15, 0.2) is 5.82 Å². The smallest absolute Gasteiger partial charge is 0.253 e. The van der Waals surface area contributed by atoms with Gasteiger partial charge >= 0.3 is 0 Å². The summed E-state index contributed by atoms with van der Waals surface area (Å²) < 4.78 is 13.8. The van der Waals surface area contributed by atoms with E-state index in [9.17, 15) is 14.0 Å². The minimum Gasteiger partial charge on any atom is -0.352 e. The molecule has 0 fully saturated rings. The van der Waals surface area contributed by atoms with Crippen LogP contribution in [0.5, 0.6) is 0 Å². The van der Waals surface area contributed by atoms with Gasteiger partial charge in [-0.2, -0.15) is 0 Å². The van der Waals surface area contributed by atoms with Crippen LogP contribution in [0.25, 0.3) is 0 Å². The van der Waals surface area contributed by atoms with Gasteiger partial charge in [-0.1, -0.05) is 11.6 Å². The fraction of sp³-hybridized carbons (Fsp3) is 0.200. The van der Waals surface area contributed by atoms with E-state index >= 15 is 0 Å². The summed E-state index contributed by atoms with van der Waals surface area (Å²) in [5, 5.41) is 4.70. The highest BCUT2D eigenvalue weighted by molar-refractivity contribution is 9.10. The van der Waals surface area contributed by atoms with Crippen LogP contribution in [0.4, 0.5) is 10.1 Å². The number of carbonyl (C=O) groups excluding carboxylic acids is 2. The van der Waals surface area contributed by atoms with Gasteiger partial charge in [0.1, 0.15) is 0 Å². The third-order valence-corrected chi connectivity index (χ3v) is 3.25. The molecule has 0 unspecified atom stereocenters. The molecule has 0 aliphatic carbocycles. The monoisotopic (exact) mass is 322 g/mol. The van der Waals surface area contributed by atoms with Crippen LogP contribution in [0.3, 0.4) is 0 Å². The molecule has 2 N–H and O–H groups in total. The fourth-order valence-corrected chi connectivity index (χ4v) is 1.73. The highest BCUT2D eigenvalue weighted by Gasteiger charge is 2.19. The topological polar surface area (TPSA) is 58.2 Å². The van der Waals surface area contributed by atoms with E-state index in [2.05, 4.69) is 26.6 Å². The molecule has 92 valence electrons. The first-order chi connectivity index (χ1) is 8.02. The maximum atomic E-state index is 13.8. The van der Waals surface area contributed by atoms with Crippen molar-refractivity contribution in [3.8, 4) is 0 Å². The maximum Gasteiger partial charge on any atom is 0.253 e. The number of rotatable bonds is 4. The lowest BCUT2D eigenvalue weighted by Gasteiger charge is -2.11. The van der Waals surface area contributed by atoms with Crippen LogP contribution >= 0.6 is 27.5 Å². The average Bonchev–Trinajstić information content (AvgIpc) is 2.30. The van der Waals surface area contributed by atoms with Crippen LogP contribution in [-0.4, -0.2) is 18.9 Å². The van der Waals surface area contributed by atoms with Crippen molar-refractivity contribution in [2.24, 2.45) is 0 Å². The molecule has 2 amide bonds. The zero-order chi connectivity index (χ0) is 13.0. The van der Waals surface area contributed by atoms with Crippen molar-refractivity contribution in [3.05, 3.63) is 26.9 Å². The van der Waals surface area contributed by atoms with Gasteiger partial charge in [0.05, 0.1) is 20.7 Å². The molecule has 0 aliphatic heterocycles. The molecule has 0 heterocycles. The number of benzene rings is 1. The van der Waals surface area contributed by atoms with Crippen LogP contribution < -0.4 is 10.6 Å². The Kier molecular flexibility index (Phi) is 4.89. The van der Waals surface area contributed by atoms with Crippen LogP contribution in [-0.2, 0) is 4.79 Å². The Hall–Kier alpha value is -1.14. The number of hydrogen-bond acceptors (Lipinski definition) is 2. The van der Waals surface area contributed by atoms with Crippen molar-refractivity contribution < 1.29 is 14.0 Å². The molecular weight excluding hydrogens is 314 g/mol. The summed E-state index contributed by atoms with van der Waals surface area (Å²) in [6.45, 7) is 2.11. The molecule has 0 bridgehead atoms. The number of carbonyl (C=O) groups is 2. The largest absolute Gasteiger partial charge is 0.352 e. The Labute approximate surface area is 111 Å². The molecule has 1 rings (SSSR count). The van der Waals surface area contributed by atoms with Gasteiger partial charge in [-0.15, -0.1) is 0 Å². The molecule has 4 nitrogen and oxygen atoms in total. The third-order valence-electron chi connectivity index (χ3n) is 1.95. The van der Waals surface area contributed by atoms with E-state index in [1.54, 1.807) is 6.92 Å². The molecule has 17 heavy (non-hydrogen) atoms. The number of anilines is 1. The fourth-order valence-electron chi connectivity index (χ4n) is 1.23. The first kappa shape index (κ1) is 13.9. The van der Waals surface area contributed by atoms with E-state index in [1.807, 2.05) is 0 Å². The van der Waals surface area contributed by atoms with E-state index < -0.39 is 11.7 Å². The summed E-state index contributed by atoms with van der Waals surface area (Å²) in [6, 6.07) is 1.28. The lowest BCUT2D eigenvalue weighted by molar-refractivity contribution is -0.105. The van der Waals surface area contributed by atoms with Gasteiger partial charge in [0.25, 0.3) is 5.91 Å². The Bertz CT molecular complexity index is 468. The predicted molar refractivity (Wildman–Crippen MR) is 66.8 cm³/mol. The van der Waals surface area contributed by atoms with E-state index in [0.717, 1.165) is 0 Å². The molecule has 0 aliphatic rings. The van der Waals surface area contributed by atoms with Gasteiger partial charge in [-0.25, -0.2) is 4.39 Å². The van der Waals surface area contributed by atoms with Crippen LogP contribution in [0.2, 0.25) is 5.02 Å². The van der Waals surface area contributed by atoms with Gasteiger partial charge in [-0.05, 0) is 28.9 Å². The van der Waals surface area contributed by atoms with Crippen molar-refractivity contribution in [2.45, 2.75) is 6.92 Å². The molecular formula is C10H9BrClFN2O2. The second-order valence-electron chi connectivity index (χ2n) is 3.03. The molecule has 0 radical (unpaired) electrons. The SMILES string of the molecule is CCNC(=O)c1cc(Cl)c(Br)c(F)c1NC=O. The average molecular weight is 324 g/mol. The minimum atomic E-state index is -0.786. The van der Waals surface area contributed by atoms with Crippen molar-refractivity contribution in [1.82, 2.24) is 5.32 Å². The van der Waals surface area contributed by atoms with Gasteiger partial charge < -0.3 is 10.6 Å². The Morgan fingerprint density at radius 1 is 1.65 bits per heavy atom. The molecule has 1 aromatic carbocycles. The highest BCUT2D eigenvalue weighted by Crippen LogP contribution is 2.33. The van der Waals surface area contributed by atoms with Crippen LogP contribution in [0, 0.1) is 5.82 Å². The molecule has 7 heteroatoms. The predicted octanol–water partition coefficient (Wildman–Crippen LogP) is 2.56. The van der Waals surface area contributed by atoms with E-state index in [0.29, 0.717) is 13.0 Å². The second-order valence-corrected chi connectivity index (χ2v) is 4.23. The zero-order valence-corrected chi connectivity index (χ0v) is 11.2. The van der Waals surface area contributed by atoms with Gasteiger partial charge in [0, 0.05) is 6.54 Å². The van der Waals surface area contributed by atoms with Gasteiger partial charge in [0.2, 0.25) is 6.41 Å². The van der Waals surface area contributed by atoms with Crippen LogP contribution in [0.1, 0.15) is 17.3 Å². The number of halogens is 3. The molecule has 0 saturated carbocycles. The summed E-state index contributed by atoms with van der Waals surface area (Å²) in [7, 11) is 0. The number of amides is 2. The minimum absolute atomic E-state index is 0.00318. The Morgan fingerprint density at radius 3 is 2.82 bits per heavy atom. The molecule has 1 aromatic rings. The Morgan fingerprint density at radius 2 is 2.29 bits per heavy atom. The van der Waals surface area contributed by atoms with Crippen molar-refractivity contribution >= 4 is 45.5 Å². The number of nitrogens with one attached hydrogen (secondary N) is 2. The van der Waals surface area contributed by atoms with E-state index in [4.69, 9.17) is 11.6 Å². The second kappa shape index (κ2) is 5.97. The first-order valence-electron chi connectivity index (χ1n) is 4.68. The standard InChI is InChI=1S/C10H9BrClFN2O2/c1-2-14-10(17)5-3-6(12)7(11)8(13)9(5)15-4-16/h3-4H,2H2,1H3,(H,14,17)(H,15,16).